The Kier molecular flexibility index (Phi) is 4.34. The summed E-state index contributed by atoms with van der Waals surface area (Å²) in [6.07, 6.45) is 3.67. The van der Waals surface area contributed by atoms with Crippen molar-refractivity contribution in [3.8, 4) is 0 Å². The maximum absolute atomic E-state index is 14.0. The fourth-order valence-electron chi connectivity index (χ4n) is 3.10. The van der Waals surface area contributed by atoms with Gasteiger partial charge in [0.1, 0.15) is 6.17 Å². The van der Waals surface area contributed by atoms with Crippen molar-refractivity contribution >= 4 is 33.4 Å². The first-order valence-electron chi connectivity index (χ1n) is 8.06. The Morgan fingerprint density at radius 2 is 2.15 bits per heavy atom. The summed E-state index contributed by atoms with van der Waals surface area (Å²) in [7, 11) is 0. The predicted octanol–water partition coefficient (Wildman–Crippen LogP) is 0.435. The molecule has 2 atom stereocenters. The van der Waals surface area contributed by atoms with Gasteiger partial charge >= 0.3 is 0 Å². The van der Waals surface area contributed by atoms with Gasteiger partial charge in [0.15, 0.2) is 17.0 Å². The topological polar surface area (TPSA) is 124 Å². The molecule has 0 saturated carbocycles. The van der Waals surface area contributed by atoms with E-state index in [1.54, 1.807) is 18.5 Å². The molecule has 2 unspecified atom stereocenters. The normalized spacial score (nSPS) is 19.7. The first-order chi connectivity index (χ1) is 12.9. The van der Waals surface area contributed by atoms with E-state index < -0.39 is 24.0 Å². The van der Waals surface area contributed by atoms with E-state index in [9.17, 15) is 14.0 Å². The van der Waals surface area contributed by atoms with Crippen molar-refractivity contribution in [2.45, 2.75) is 25.2 Å². The number of nitrogens with two attached hydrogens (primary N) is 1. The first-order valence-corrected chi connectivity index (χ1v) is 8.86. The standard InChI is InChI=1S/C15H14BrFN8O2/c16-8-3-19-13-2-11(21-25(13)4-8)15(27)24-5-9(17)1-10(24)6-23-7-12(14(18)26)20-22-23/h2-4,7,9-10H,1,5-6H2,(H2,18,26). The maximum Gasteiger partial charge on any atom is 0.274 e. The lowest BCUT2D eigenvalue weighted by atomic mass is 10.2. The number of carbonyl (C=O) groups is 2. The third-order valence-electron chi connectivity index (χ3n) is 4.31. The number of amides is 2. The number of fused-ring (bicyclic) bond motifs is 1. The SMILES string of the molecule is NC(=O)c1cn(CC2CC(F)CN2C(=O)c2cc3ncc(Br)cn3n2)nn1. The van der Waals surface area contributed by atoms with Crippen LogP contribution < -0.4 is 5.73 Å². The van der Waals surface area contributed by atoms with E-state index in [-0.39, 0.29) is 30.9 Å². The van der Waals surface area contributed by atoms with Gasteiger partial charge in [0.25, 0.3) is 11.8 Å². The van der Waals surface area contributed by atoms with Crippen LogP contribution in [0.2, 0.25) is 0 Å². The van der Waals surface area contributed by atoms with Crippen molar-refractivity contribution in [3.05, 3.63) is 40.5 Å². The van der Waals surface area contributed by atoms with Gasteiger partial charge in [-0.2, -0.15) is 5.10 Å². The smallest absolute Gasteiger partial charge is 0.274 e. The molecule has 0 aromatic carbocycles. The number of alkyl halides is 1. The highest BCUT2D eigenvalue weighted by Crippen LogP contribution is 2.24. The fourth-order valence-corrected chi connectivity index (χ4v) is 3.40. The van der Waals surface area contributed by atoms with Crippen LogP contribution in [0.25, 0.3) is 5.65 Å². The molecule has 2 N–H and O–H groups in total. The molecule has 140 valence electrons. The highest BCUT2D eigenvalue weighted by atomic mass is 79.9. The zero-order chi connectivity index (χ0) is 19.1. The fraction of sp³-hybridized carbons (Fsp3) is 0.333. The van der Waals surface area contributed by atoms with E-state index in [1.807, 2.05) is 0 Å². The second-order valence-corrected chi connectivity index (χ2v) is 7.15. The van der Waals surface area contributed by atoms with Crippen LogP contribution in [0.5, 0.6) is 0 Å². The van der Waals surface area contributed by atoms with E-state index in [4.69, 9.17) is 5.73 Å². The molecule has 1 aliphatic heterocycles. The Hall–Kier alpha value is -2.89. The number of primary amides is 1. The van der Waals surface area contributed by atoms with Crippen molar-refractivity contribution in [1.29, 1.82) is 0 Å². The molecule has 1 aliphatic rings. The molecule has 12 heteroatoms. The predicted molar refractivity (Wildman–Crippen MR) is 93.6 cm³/mol. The van der Waals surface area contributed by atoms with Gasteiger partial charge in [-0.3, -0.25) is 9.59 Å². The van der Waals surface area contributed by atoms with Gasteiger partial charge in [-0.25, -0.2) is 18.6 Å². The lowest BCUT2D eigenvalue weighted by Gasteiger charge is -2.23. The van der Waals surface area contributed by atoms with Crippen LogP contribution in [-0.4, -0.2) is 65.1 Å². The van der Waals surface area contributed by atoms with Crippen molar-refractivity contribution in [2.24, 2.45) is 5.73 Å². The lowest BCUT2D eigenvalue weighted by molar-refractivity contribution is 0.0708. The molecule has 1 fully saturated rings. The molecule has 4 heterocycles. The van der Waals surface area contributed by atoms with Crippen LogP contribution in [-0.2, 0) is 6.54 Å². The van der Waals surface area contributed by atoms with E-state index >= 15 is 0 Å². The minimum Gasteiger partial charge on any atom is -0.364 e. The molecule has 0 spiro atoms. The van der Waals surface area contributed by atoms with Crippen molar-refractivity contribution < 1.29 is 14.0 Å². The minimum atomic E-state index is -1.15. The summed E-state index contributed by atoms with van der Waals surface area (Å²) in [5.74, 6) is -1.09. The molecule has 27 heavy (non-hydrogen) atoms. The van der Waals surface area contributed by atoms with E-state index in [0.717, 1.165) is 4.47 Å². The first kappa shape index (κ1) is 17.5. The molecule has 2 amide bonds. The second kappa shape index (κ2) is 6.68. The number of hydrogen-bond acceptors (Lipinski definition) is 6. The summed E-state index contributed by atoms with van der Waals surface area (Å²) >= 11 is 3.29. The number of hydrogen-bond donors (Lipinski definition) is 1. The molecule has 0 bridgehead atoms. The molecule has 0 radical (unpaired) electrons. The quantitative estimate of drug-likeness (QED) is 0.632. The maximum atomic E-state index is 14.0. The summed E-state index contributed by atoms with van der Waals surface area (Å²) in [4.78, 5) is 29.6. The number of nitrogens with zero attached hydrogens (tertiary/aromatic N) is 7. The van der Waals surface area contributed by atoms with Crippen LogP contribution in [0.1, 0.15) is 27.4 Å². The Morgan fingerprint density at radius 3 is 2.89 bits per heavy atom. The zero-order valence-corrected chi connectivity index (χ0v) is 15.5. The number of halogens is 2. The molecule has 4 rings (SSSR count). The molecule has 3 aromatic rings. The number of rotatable bonds is 4. The Morgan fingerprint density at radius 1 is 1.33 bits per heavy atom. The summed E-state index contributed by atoms with van der Waals surface area (Å²) in [5, 5.41) is 11.7. The average Bonchev–Trinajstić information content (AvgIpc) is 3.32. The number of likely N-dealkylation sites (tertiary alicyclic amines) is 1. The second-order valence-electron chi connectivity index (χ2n) is 6.24. The van der Waals surface area contributed by atoms with Gasteiger partial charge < -0.3 is 10.6 Å². The molecular weight excluding hydrogens is 423 g/mol. The third kappa shape index (κ3) is 3.39. The number of aromatic nitrogens is 6. The summed E-state index contributed by atoms with van der Waals surface area (Å²) in [5.41, 5.74) is 5.86. The van der Waals surface area contributed by atoms with Gasteiger partial charge in [0.05, 0.1) is 29.8 Å². The van der Waals surface area contributed by atoms with Crippen LogP contribution in [0.3, 0.4) is 0 Å². The van der Waals surface area contributed by atoms with E-state index in [2.05, 4.69) is 36.3 Å². The van der Waals surface area contributed by atoms with Crippen molar-refractivity contribution in [2.75, 3.05) is 6.54 Å². The van der Waals surface area contributed by atoms with Gasteiger partial charge in [0, 0.05) is 24.9 Å². The molecule has 10 nitrogen and oxygen atoms in total. The minimum absolute atomic E-state index is 0.0136. The lowest BCUT2D eigenvalue weighted by Crippen LogP contribution is -2.38. The molecule has 0 aliphatic carbocycles. The Bertz CT molecular complexity index is 1030. The highest BCUT2D eigenvalue weighted by molar-refractivity contribution is 9.10. The summed E-state index contributed by atoms with van der Waals surface area (Å²) < 4.78 is 17.6. The Balaban J connectivity index is 1.57. The Labute approximate surface area is 160 Å². The molecule has 1 saturated heterocycles. The van der Waals surface area contributed by atoms with Crippen LogP contribution in [0, 0.1) is 0 Å². The molecule has 3 aromatic heterocycles. The van der Waals surface area contributed by atoms with Crippen molar-refractivity contribution in [1.82, 2.24) is 34.5 Å². The van der Waals surface area contributed by atoms with E-state index in [0.29, 0.717) is 5.65 Å². The van der Waals surface area contributed by atoms with Gasteiger partial charge in [0.2, 0.25) is 0 Å². The monoisotopic (exact) mass is 436 g/mol. The van der Waals surface area contributed by atoms with Crippen LogP contribution in [0.15, 0.2) is 29.1 Å². The summed E-state index contributed by atoms with van der Waals surface area (Å²) in [6.45, 7) is 0.162. The van der Waals surface area contributed by atoms with Crippen LogP contribution >= 0.6 is 15.9 Å². The van der Waals surface area contributed by atoms with E-state index in [1.165, 1.54) is 20.3 Å². The number of carbonyl (C=O) groups excluding carboxylic acids is 2. The zero-order valence-electron chi connectivity index (χ0n) is 13.9. The van der Waals surface area contributed by atoms with Gasteiger partial charge in [-0.1, -0.05) is 5.21 Å². The highest BCUT2D eigenvalue weighted by Gasteiger charge is 2.37. The largest absolute Gasteiger partial charge is 0.364 e. The van der Waals surface area contributed by atoms with Gasteiger partial charge in [-0.15, -0.1) is 5.10 Å². The third-order valence-corrected chi connectivity index (χ3v) is 4.72. The van der Waals surface area contributed by atoms with Gasteiger partial charge in [-0.05, 0) is 15.9 Å². The van der Waals surface area contributed by atoms with Crippen molar-refractivity contribution in [3.63, 3.8) is 0 Å². The summed E-state index contributed by atoms with van der Waals surface area (Å²) in [6, 6.07) is 1.11. The average molecular weight is 437 g/mol. The molecular formula is C15H14BrFN8O2. The van der Waals surface area contributed by atoms with Crippen LogP contribution in [0.4, 0.5) is 4.39 Å².